The van der Waals surface area contributed by atoms with Crippen molar-refractivity contribution in [1.82, 2.24) is 5.32 Å². The van der Waals surface area contributed by atoms with Gasteiger partial charge in [0.25, 0.3) is 0 Å². The van der Waals surface area contributed by atoms with E-state index < -0.39 is 11.9 Å². The van der Waals surface area contributed by atoms with Gasteiger partial charge in [0, 0.05) is 17.8 Å². The minimum absolute atomic E-state index is 0.128. The van der Waals surface area contributed by atoms with E-state index in [1.807, 2.05) is 0 Å². The number of carbonyl (C=O) groups excluding carboxylic acids is 2. The average Bonchev–Trinajstić information content (AvgIpc) is 2.69. The fourth-order valence-corrected chi connectivity index (χ4v) is 1.34. The molecule has 0 unspecified atom stereocenters. The summed E-state index contributed by atoms with van der Waals surface area (Å²) in [4.78, 5) is 21.8. The summed E-state index contributed by atoms with van der Waals surface area (Å²) in [6.07, 6.45) is 3.89. The molecule has 1 heterocycles. The van der Waals surface area contributed by atoms with E-state index in [-0.39, 0.29) is 12.6 Å². The zero-order chi connectivity index (χ0) is 12.0. The Hall–Kier alpha value is -1.78. The van der Waals surface area contributed by atoms with Crippen LogP contribution in [0.3, 0.4) is 0 Å². The molecule has 0 radical (unpaired) electrons. The Morgan fingerprint density at radius 1 is 1.50 bits per heavy atom. The number of allylic oxidation sites excluding steroid dienone is 1. The van der Waals surface area contributed by atoms with Gasteiger partial charge >= 0.3 is 11.9 Å². The fourth-order valence-electron chi connectivity index (χ4n) is 1.34. The molecule has 1 rings (SSSR count). The normalized spacial score (nSPS) is 19.6. The molecule has 0 aliphatic carbocycles. The van der Waals surface area contributed by atoms with E-state index >= 15 is 0 Å². The maximum Gasteiger partial charge on any atom is 0.331 e. The Balaban J connectivity index is 2.22. The van der Waals surface area contributed by atoms with Gasteiger partial charge in [0.15, 0.2) is 0 Å². The lowest BCUT2D eigenvalue weighted by Gasteiger charge is -2.10. The molecule has 1 N–H and O–H groups in total. The van der Waals surface area contributed by atoms with E-state index in [0.29, 0.717) is 0 Å². The van der Waals surface area contributed by atoms with E-state index in [1.165, 1.54) is 7.11 Å². The highest BCUT2D eigenvalue weighted by molar-refractivity contribution is 5.91. The van der Waals surface area contributed by atoms with Crippen LogP contribution in [0.2, 0.25) is 0 Å². The van der Waals surface area contributed by atoms with Crippen molar-refractivity contribution in [1.29, 1.82) is 0 Å². The highest BCUT2D eigenvalue weighted by Gasteiger charge is 2.17. The van der Waals surface area contributed by atoms with Crippen LogP contribution in [0.4, 0.5) is 0 Å². The molecule has 1 fully saturated rings. The molecule has 5 heteroatoms. The molecule has 0 aromatic rings. The van der Waals surface area contributed by atoms with Gasteiger partial charge in [-0.3, -0.25) is 0 Å². The molecule has 1 atom stereocenters. The second-order valence-corrected chi connectivity index (χ2v) is 3.47. The number of methoxy groups -OCH3 is 1. The number of hydrogen-bond donors (Lipinski definition) is 1. The van der Waals surface area contributed by atoms with Gasteiger partial charge in [0.05, 0.1) is 13.2 Å². The summed E-state index contributed by atoms with van der Waals surface area (Å²) in [5.74, 6) is -1.13. The van der Waals surface area contributed by atoms with Gasteiger partial charge in [-0.1, -0.05) is 6.58 Å². The quantitative estimate of drug-likeness (QED) is 0.558. The average molecular weight is 225 g/mol. The Bertz CT molecular complexity index is 322. The van der Waals surface area contributed by atoms with Crippen LogP contribution in [0.25, 0.3) is 0 Å². The number of esters is 2. The monoisotopic (exact) mass is 225 g/mol. The van der Waals surface area contributed by atoms with Crippen molar-refractivity contribution >= 4 is 11.9 Å². The molecule has 1 saturated heterocycles. The van der Waals surface area contributed by atoms with Crippen LogP contribution < -0.4 is 5.32 Å². The smallest absolute Gasteiger partial charge is 0.331 e. The van der Waals surface area contributed by atoms with Crippen LogP contribution in [0.1, 0.15) is 12.8 Å². The van der Waals surface area contributed by atoms with Crippen molar-refractivity contribution in [2.75, 3.05) is 13.7 Å². The molecule has 0 spiro atoms. The van der Waals surface area contributed by atoms with Crippen LogP contribution in [0.15, 0.2) is 24.4 Å². The van der Waals surface area contributed by atoms with Crippen LogP contribution in [-0.4, -0.2) is 31.7 Å². The lowest BCUT2D eigenvalue weighted by molar-refractivity contribution is -0.139. The van der Waals surface area contributed by atoms with E-state index in [4.69, 9.17) is 4.74 Å². The molecule has 0 bridgehead atoms. The standard InChI is InChI=1S/C11H15NO4/c1-8-3-4-9(12-8)7-16-11(14)6-5-10(13)15-2/h5-6,9,12H,1,3-4,7H2,2H3/b6-5+/t9-/m1/s1. The third-order valence-electron chi connectivity index (χ3n) is 2.19. The highest BCUT2D eigenvalue weighted by atomic mass is 16.5. The summed E-state index contributed by atoms with van der Waals surface area (Å²) in [6.45, 7) is 4.06. The summed E-state index contributed by atoms with van der Waals surface area (Å²) in [6, 6.07) is 0.128. The largest absolute Gasteiger partial charge is 0.466 e. The number of rotatable bonds is 4. The van der Waals surface area contributed by atoms with Crippen LogP contribution in [0, 0.1) is 0 Å². The Kier molecular flexibility index (Phi) is 4.57. The van der Waals surface area contributed by atoms with Gasteiger partial charge in [0.2, 0.25) is 0 Å². The topological polar surface area (TPSA) is 64.6 Å². The van der Waals surface area contributed by atoms with E-state index in [0.717, 1.165) is 30.7 Å². The molecule has 0 aromatic heterocycles. The van der Waals surface area contributed by atoms with Gasteiger partial charge < -0.3 is 14.8 Å². The maximum absolute atomic E-state index is 11.1. The third-order valence-corrected chi connectivity index (χ3v) is 2.19. The zero-order valence-corrected chi connectivity index (χ0v) is 9.19. The first-order valence-electron chi connectivity index (χ1n) is 4.99. The van der Waals surface area contributed by atoms with E-state index in [2.05, 4.69) is 16.6 Å². The molecular formula is C11H15NO4. The number of hydrogen-bond acceptors (Lipinski definition) is 5. The molecule has 5 nitrogen and oxygen atoms in total. The van der Waals surface area contributed by atoms with Crippen molar-refractivity contribution in [3.63, 3.8) is 0 Å². The summed E-state index contributed by atoms with van der Waals surface area (Å²) in [7, 11) is 1.24. The molecule has 0 aromatic carbocycles. The minimum Gasteiger partial charge on any atom is -0.466 e. The number of carbonyl (C=O) groups is 2. The van der Waals surface area contributed by atoms with Gasteiger partial charge in [-0.2, -0.15) is 0 Å². The summed E-state index contributed by atoms with van der Waals surface area (Å²) in [5.41, 5.74) is 0.964. The number of nitrogens with one attached hydrogen (secondary N) is 1. The molecule has 16 heavy (non-hydrogen) atoms. The molecule has 0 saturated carbocycles. The van der Waals surface area contributed by atoms with Crippen LogP contribution in [0.5, 0.6) is 0 Å². The predicted molar refractivity (Wildman–Crippen MR) is 57.4 cm³/mol. The lowest BCUT2D eigenvalue weighted by Crippen LogP contribution is -2.26. The fraction of sp³-hybridized carbons (Fsp3) is 0.455. The molecule has 1 aliphatic rings. The van der Waals surface area contributed by atoms with Gasteiger partial charge in [-0.15, -0.1) is 0 Å². The van der Waals surface area contributed by atoms with Crippen molar-refractivity contribution in [3.8, 4) is 0 Å². The Morgan fingerprint density at radius 3 is 2.75 bits per heavy atom. The Labute approximate surface area is 94.1 Å². The minimum atomic E-state index is -0.579. The third kappa shape index (κ3) is 4.16. The van der Waals surface area contributed by atoms with E-state index in [9.17, 15) is 9.59 Å². The van der Waals surface area contributed by atoms with Crippen molar-refractivity contribution in [3.05, 3.63) is 24.4 Å². The first kappa shape index (κ1) is 12.3. The Morgan fingerprint density at radius 2 is 2.19 bits per heavy atom. The summed E-state index contributed by atoms with van der Waals surface area (Å²) < 4.78 is 9.27. The van der Waals surface area contributed by atoms with Crippen molar-refractivity contribution in [2.24, 2.45) is 0 Å². The van der Waals surface area contributed by atoms with Crippen LogP contribution >= 0.6 is 0 Å². The van der Waals surface area contributed by atoms with Crippen molar-refractivity contribution < 1.29 is 19.1 Å². The number of ether oxygens (including phenoxy) is 2. The molecule has 88 valence electrons. The second-order valence-electron chi connectivity index (χ2n) is 3.47. The van der Waals surface area contributed by atoms with Crippen LogP contribution in [-0.2, 0) is 19.1 Å². The zero-order valence-electron chi connectivity index (χ0n) is 9.19. The van der Waals surface area contributed by atoms with Gasteiger partial charge in [-0.25, -0.2) is 9.59 Å². The SMILES string of the molecule is C=C1CC[C@H](COC(=O)/C=C/C(=O)OC)N1. The first-order valence-corrected chi connectivity index (χ1v) is 4.99. The van der Waals surface area contributed by atoms with Gasteiger partial charge in [0.1, 0.15) is 6.61 Å². The van der Waals surface area contributed by atoms with Gasteiger partial charge in [-0.05, 0) is 12.8 Å². The highest BCUT2D eigenvalue weighted by Crippen LogP contribution is 2.13. The molecular weight excluding hydrogens is 210 g/mol. The van der Waals surface area contributed by atoms with Crippen molar-refractivity contribution in [2.45, 2.75) is 18.9 Å². The lowest BCUT2D eigenvalue weighted by atomic mass is 10.2. The molecule has 1 aliphatic heterocycles. The summed E-state index contributed by atoms with van der Waals surface area (Å²) in [5, 5.41) is 3.10. The first-order chi connectivity index (χ1) is 7.61. The molecule has 0 amide bonds. The second kappa shape index (κ2) is 5.95. The summed E-state index contributed by atoms with van der Waals surface area (Å²) >= 11 is 0. The maximum atomic E-state index is 11.1. The van der Waals surface area contributed by atoms with E-state index in [1.54, 1.807) is 0 Å². The predicted octanol–water partition coefficient (Wildman–Crippen LogP) is 0.524.